The van der Waals surface area contributed by atoms with Crippen molar-refractivity contribution in [1.29, 1.82) is 0 Å². The summed E-state index contributed by atoms with van der Waals surface area (Å²) in [4.78, 5) is 12.5. The van der Waals surface area contributed by atoms with E-state index in [-0.39, 0.29) is 17.1 Å². The van der Waals surface area contributed by atoms with Gasteiger partial charge in [-0.1, -0.05) is 56.7 Å². The van der Waals surface area contributed by atoms with Crippen LogP contribution in [0, 0.1) is 0 Å². The number of halogens is 1. The first-order valence-corrected chi connectivity index (χ1v) is 11.5. The Kier molecular flexibility index (Phi) is 7.26. The summed E-state index contributed by atoms with van der Waals surface area (Å²) >= 11 is 5.98. The number of hydrogen-bond donors (Lipinski definition) is 0. The van der Waals surface area contributed by atoms with Crippen molar-refractivity contribution in [3.63, 3.8) is 0 Å². The fourth-order valence-electron chi connectivity index (χ4n) is 2.18. The van der Waals surface area contributed by atoms with Crippen LogP contribution in [0.15, 0.2) is 36.4 Å². The van der Waals surface area contributed by atoms with Gasteiger partial charge in [-0.3, -0.25) is 4.79 Å². The first-order chi connectivity index (χ1) is 11.0. The molecular weight excluding hydrogens is 340 g/mol. The van der Waals surface area contributed by atoms with Crippen LogP contribution in [0.1, 0.15) is 39.2 Å². The highest BCUT2D eigenvalue weighted by molar-refractivity contribution is 6.74. The number of esters is 1. The number of carbonyl (C=O) groups is 1. The Morgan fingerprint density at radius 1 is 1.21 bits per heavy atom. The highest BCUT2D eigenvalue weighted by Crippen LogP contribution is 2.39. The van der Waals surface area contributed by atoms with Crippen molar-refractivity contribution in [3.8, 4) is 0 Å². The molecule has 0 amide bonds. The second-order valence-corrected chi connectivity index (χ2v) is 12.6. The Labute approximate surface area is 152 Å². The number of rotatable bonds is 6. The fraction of sp³-hybridized carbons (Fsp3) is 0.526. The van der Waals surface area contributed by atoms with Crippen molar-refractivity contribution < 1.29 is 14.0 Å². The van der Waals surface area contributed by atoms with Crippen molar-refractivity contribution in [2.75, 3.05) is 7.11 Å². The average Bonchev–Trinajstić information content (AvgIpc) is 2.48. The monoisotopic (exact) mass is 368 g/mol. The number of carbonyl (C=O) groups excluding carboxylic acids is 1. The third-order valence-corrected chi connectivity index (χ3v) is 9.36. The smallest absolute Gasteiger partial charge is 0.316 e. The SMILES string of the molecule is C/C=C/[C@H](O[Si](C)(C)C(C)(C)C)[C@H](C(=O)OC)c1ccc(Cl)cc1. The van der Waals surface area contributed by atoms with E-state index in [1.807, 2.05) is 31.2 Å². The zero-order valence-electron chi connectivity index (χ0n) is 15.7. The predicted octanol–water partition coefficient (Wildman–Crippen LogP) is 5.56. The van der Waals surface area contributed by atoms with Gasteiger partial charge in [0, 0.05) is 5.02 Å². The molecule has 0 bridgehead atoms. The summed E-state index contributed by atoms with van der Waals surface area (Å²) in [5, 5.41) is 0.684. The van der Waals surface area contributed by atoms with Gasteiger partial charge in [-0.05, 0) is 42.8 Å². The Bertz CT molecular complexity index is 573. The van der Waals surface area contributed by atoms with E-state index in [9.17, 15) is 4.79 Å². The molecule has 0 saturated heterocycles. The summed E-state index contributed by atoms with van der Waals surface area (Å²) in [6, 6.07) is 7.28. The predicted molar refractivity (Wildman–Crippen MR) is 103 cm³/mol. The maximum Gasteiger partial charge on any atom is 0.316 e. The van der Waals surface area contributed by atoms with Crippen molar-refractivity contribution >= 4 is 25.9 Å². The molecule has 0 saturated carbocycles. The first kappa shape index (κ1) is 20.9. The summed E-state index contributed by atoms with van der Waals surface area (Å²) in [5.41, 5.74) is 0.841. The van der Waals surface area contributed by atoms with E-state index in [4.69, 9.17) is 20.8 Å². The van der Waals surface area contributed by atoms with Gasteiger partial charge in [0.25, 0.3) is 0 Å². The lowest BCUT2D eigenvalue weighted by atomic mass is 9.93. The largest absolute Gasteiger partial charge is 0.468 e. The van der Waals surface area contributed by atoms with Crippen LogP contribution in [0.2, 0.25) is 23.2 Å². The summed E-state index contributed by atoms with van der Waals surface area (Å²) < 4.78 is 11.6. The van der Waals surface area contributed by atoms with Gasteiger partial charge in [0.1, 0.15) is 5.92 Å². The quantitative estimate of drug-likeness (QED) is 0.374. The number of ether oxygens (including phenoxy) is 1. The van der Waals surface area contributed by atoms with Crippen LogP contribution in [0.5, 0.6) is 0 Å². The third-order valence-electron chi connectivity index (χ3n) is 4.63. The molecule has 134 valence electrons. The van der Waals surface area contributed by atoms with Crippen molar-refractivity contribution in [1.82, 2.24) is 0 Å². The third kappa shape index (κ3) is 5.20. The number of benzene rings is 1. The molecule has 5 heteroatoms. The fourth-order valence-corrected chi connectivity index (χ4v) is 3.56. The van der Waals surface area contributed by atoms with Gasteiger partial charge in [0.15, 0.2) is 8.32 Å². The minimum Gasteiger partial charge on any atom is -0.468 e. The van der Waals surface area contributed by atoms with Crippen LogP contribution in [-0.2, 0) is 14.0 Å². The standard InChI is InChI=1S/C19H29ClO3Si/c1-8-9-16(23-24(6,7)19(2,3)4)17(18(21)22-5)14-10-12-15(20)13-11-14/h8-13,16-17H,1-7H3/b9-8+/t16-,17+/m0/s1. The molecule has 0 aromatic heterocycles. The number of allylic oxidation sites excluding steroid dienone is 1. The second kappa shape index (κ2) is 8.32. The van der Waals surface area contributed by atoms with E-state index in [1.165, 1.54) is 7.11 Å². The minimum atomic E-state index is -2.06. The molecule has 0 aliphatic heterocycles. The van der Waals surface area contributed by atoms with Gasteiger partial charge in [0.05, 0.1) is 13.2 Å². The average molecular weight is 369 g/mol. The Balaban J connectivity index is 3.29. The van der Waals surface area contributed by atoms with E-state index in [0.717, 1.165) is 5.56 Å². The molecule has 1 rings (SSSR count). The molecule has 0 aliphatic carbocycles. The number of hydrogen-bond acceptors (Lipinski definition) is 3. The molecule has 24 heavy (non-hydrogen) atoms. The van der Waals surface area contributed by atoms with E-state index in [1.54, 1.807) is 12.1 Å². The lowest BCUT2D eigenvalue weighted by Crippen LogP contribution is -2.46. The molecular formula is C19H29ClO3Si. The molecule has 2 atom stereocenters. The van der Waals surface area contributed by atoms with Gasteiger partial charge in [0.2, 0.25) is 0 Å². The van der Waals surface area contributed by atoms with Crippen molar-refractivity contribution in [2.24, 2.45) is 0 Å². The first-order valence-electron chi connectivity index (χ1n) is 8.17. The molecule has 0 spiro atoms. The van der Waals surface area contributed by atoms with Gasteiger partial charge in [-0.15, -0.1) is 0 Å². The van der Waals surface area contributed by atoms with Crippen LogP contribution >= 0.6 is 11.6 Å². The normalized spacial score (nSPS) is 15.3. The molecule has 0 unspecified atom stereocenters. The molecule has 3 nitrogen and oxygen atoms in total. The van der Waals surface area contributed by atoms with Crippen LogP contribution < -0.4 is 0 Å². The molecule has 0 aliphatic rings. The molecule has 0 N–H and O–H groups in total. The Hall–Kier alpha value is -1.10. The summed E-state index contributed by atoms with van der Waals surface area (Å²) in [7, 11) is -0.648. The molecule has 0 heterocycles. The van der Waals surface area contributed by atoms with E-state index in [2.05, 4.69) is 33.9 Å². The summed E-state index contributed by atoms with van der Waals surface area (Å²) in [5.74, 6) is -0.822. The lowest BCUT2D eigenvalue weighted by molar-refractivity contribution is -0.144. The van der Waals surface area contributed by atoms with Crippen LogP contribution in [0.4, 0.5) is 0 Å². The Morgan fingerprint density at radius 3 is 2.17 bits per heavy atom. The van der Waals surface area contributed by atoms with Crippen LogP contribution in [0.3, 0.4) is 0 Å². The zero-order valence-corrected chi connectivity index (χ0v) is 17.5. The van der Waals surface area contributed by atoms with E-state index in [0.29, 0.717) is 5.02 Å². The zero-order chi connectivity index (χ0) is 18.5. The van der Waals surface area contributed by atoms with Crippen molar-refractivity contribution in [3.05, 3.63) is 47.0 Å². The summed E-state index contributed by atoms with van der Waals surface area (Å²) in [6.45, 7) is 12.8. The second-order valence-electron chi connectivity index (χ2n) is 7.42. The highest BCUT2D eigenvalue weighted by Gasteiger charge is 2.42. The highest BCUT2D eigenvalue weighted by atomic mass is 35.5. The summed E-state index contributed by atoms with van der Waals surface area (Å²) in [6.07, 6.45) is 3.49. The van der Waals surface area contributed by atoms with E-state index >= 15 is 0 Å². The van der Waals surface area contributed by atoms with Gasteiger partial charge in [-0.25, -0.2) is 0 Å². The lowest BCUT2D eigenvalue weighted by Gasteiger charge is -2.40. The van der Waals surface area contributed by atoms with Crippen molar-refractivity contribution in [2.45, 2.75) is 57.8 Å². The maximum absolute atomic E-state index is 12.5. The van der Waals surface area contributed by atoms with Gasteiger partial charge >= 0.3 is 5.97 Å². The molecule has 1 aromatic rings. The number of methoxy groups -OCH3 is 1. The molecule has 1 aromatic carbocycles. The molecule has 0 fully saturated rings. The van der Waals surface area contributed by atoms with Gasteiger partial charge in [-0.2, -0.15) is 0 Å². The van der Waals surface area contributed by atoms with E-state index < -0.39 is 14.2 Å². The maximum atomic E-state index is 12.5. The minimum absolute atomic E-state index is 0.0491. The topological polar surface area (TPSA) is 35.5 Å². The van der Waals surface area contributed by atoms with Crippen LogP contribution in [-0.4, -0.2) is 27.5 Å². The van der Waals surface area contributed by atoms with Gasteiger partial charge < -0.3 is 9.16 Å². The molecule has 0 radical (unpaired) electrons. The van der Waals surface area contributed by atoms with Crippen LogP contribution in [0.25, 0.3) is 0 Å². The Morgan fingerprint density at radius 2 is 1.75 bits per heavy atom.